The highest BCUT2D eigenvalue weighted by atomic mass is 32.2. The molecule has 7 heteroatoms. The van der Waals surface area contributed by atoms with Gasteiger partial charge in [0.25, 0.3) is 0 Å². The van der Waals surface area contributed by atoms with E-state index in [1.54, 1.807) is 13.0 Å². The fourth-order valence-corrected chi connectivity index (χ4v) is 3.02. The van der Waals surface area contributed by atoms with Crippen LogP contribution in [0.1, 0.15) is 12.5 Å². The van der Waals surface area contributed by atoms with Gasteiger partial charge in [0.05, 0.1) is 10.5 Å². The zero-order chi connectivity index (χ0) is 16.4. The molecule has 0 radical (unpaired) electrons. The molecule has 0 heterocycles. The molecule has 0 spiro atoms. The van der Waals surface area contributed by atoms with Crippen LogP contribution >= 0.6 is 0 Å². The van der Waals surface area contributed by atoms with Gasteiger partial charge in [0.15, 0.2) is 0 Å². The number of hydrogen-bond donors (Lipinski definition) is 1. The van der Waals surface area contributed by atoms with E-state index < -0.39 is 21.8 Å². The smallest absolute Gasteiger partial charge is 0.211 e. The lowest BCUT2D eigenvalue weighted by molar-refractivity contribution is -0.137. The Balaban J connectivity index is 2.36. The molecule has 0 bridgehead atoms. The van der Waals surface area contributed by atoms with E-state index in [-0.39, 0.29) is 11.4 Å². The van der Waals surface area contributed by atoms with Crippen molar-refractivity contribution >= 4 is 10.0 Å². The topological polar surface area (TPSA) is 46.2 Å². The van der Waals surface area contributed by atoms with Gasteiger partial charge in [-0.3, -0.25) is 0 Å². The number of alkyl halides is 3. The van der Waals surface area contributed by atoms with Gasteiger partial charge in [-0.2, -0.15) is 13.2 Å². The zero-order valence-electron chi connectivity index (χ0n) is 11.7. The maximum atomic E-state index is 12.7. The van der Waals surface area contributed by atoms with Crippen molar-refractivity contribution in [3.63, 3.8) is 0 Å². The van der Waals surface area contributed by atoms with Gasteiger partial charge >= 0.3 is 6.18 Å². The van der Waals surface area contributed by atoms with Crippen LogP contribution in [0.25, 0.3) is 11.1 Å². The van der Waals surface area contributed by atoms with E-state index in [4.69, 9.17) is 0 Å². The summed E-state index contributed by atoms with van der Waals surface area (Å²) in [5.74, 6) is 0. The largest absolute Gasteiger partial charge is 0.416 e. The molecule has 0 aliphatic carbocycles. The maximum absolute atomic E-state index is 12.7. The van der Waals surface area contributed by atoms with Gasteiger partial charge in [0, 0.05) is 6.54 Å². The highest BCUT2D eigenvalue weighted by molar-refractivity contribution is 7.89. The SMILES string of the molecule is CCNS(=O)(=O)c1ccc(-c2cccc(C(F)(F)F)c2)cc1. The monoisotopic (exact) mass is 329 g/mol. The van der Waals surface area contributed by atoms with Crippen LogP contribution < -0.4 is 4.72 Å². The van der Waals surface area contributed by atoms with Crippen LogP contribution in [0.2, 0.25) is 0 Å². The Bertz CT molecular complexity index is 753. The summed E-state index contributed by atoms with van der Waals surface area (Å²) < 4.78 is 64.1. The molecule has 0 aromatic heterocycles. The van der Waals surface area contributed by atoms with E-state index in [1.807, 2.05) is 0 Å². The first-order chi connectivity index (χ1) is 10.2. The summed E-state index contributed by atoms with van der Waals surface area (Å²) in [5, 5.41) is 0. The molecule has 0 amide bonds. The van der Waals surface area contributed by atoms with E-state index in [2.05, 4.69) is 4.72 Å². The first-order valence-corrected chi connectivity index (χ1v) is 8.00. The molecule has 2 rings (SSSR count). The molecule has 1 N–H and O–H groups in total. The van der Waals surface area contributed by atoms with Crippen molar-refractivity contribution in [1.29, 1.82) is 0 Å². The van der Waals surface area contributed by atoms with E-state index in [0.29, 0.717) is 11.1 Å². The van der Waals surface area contributed by atoms with Crippen LogP contribution in [0.5, 0.6) is 0 Å². The standard InChI is InChI=1S/C15H14F3NO2S/c1-2-19-22(20,21)14-8-6-11(7-9-14)12-4-3-5-13(10-12)15(16,17)18/h3-10,19H,2H2,1H3. The predicted molar refractivity (Wildman–Crippen MR) is 77.7 cm³/mol. The fourth-order valence-electron chi connectivity index (χ4n) is 1.97. The normalized spacial score (nSPS) is 12.4. The third kappa shape index (κ3) is 3.66. The van der Waals surface area contributed by atoms with Crippen molar-refractivity contribution in [1.82, 2.24) is 4.72 Å². The van der Waals surface area contributed by atoms with Gasteiger partial charge < -0.3 is 0 Å². The molecule has 0 atom stereocenters. The molecule has 22 heavy (non-hydrogen) atoms. The average Bonchev–Trinajstić information content (AvgIpc) is 2.47. The predicted octanol–water partition coefficient (Wildman–Crippen LogP) is 3.67. The van der Waals surface area contributed by atoms with Crippen molar-refractivity contribution in [3.05, 3.63) is 54.1 Å². The first-order valence-electron chi connectivity index (χ1n) is 6.51. The van der Waals surface area contributed by atoms with Gasteiger partial charge in [-0.1, -0.05) is 31.2 Å². The highest BCUT2D eigenvalue weighted by Gasteiger charge is 2.30. The summed E-state index contributed by atoms with van der Waals surface area (Å²) in [6.45, 7) is 1.92. The van der Waals surface area contributed by atoms with E-state index in [9.17, 15) is 21.6 Å². The van der Waals surface area contributed by atoms with Gasteiger partial charge in [-0.05, 0) is 35.4 Å². The molecule has 0 aliphatic heterocycles. The van der Waals surface area contributed by atoms with E-state index in [0.717, 1.165) is 12.1 Å². The lowest BCUT2D eigenvalue weighted by Crippen LogP contribution is -2.22. The quantitative estimate of drug-likeness (QED) is 0.930. The number of sulfonamides is 1. The Morgan fingerprint density at radius 2 is 1.64 bits per heavy atom. The Morgan fingerprint density at radius 1 is 1.00 bits per heavy atom. The third-order valence-corrected chi connectivity index (χ3v) is 4.58. The number of hydrogen-bond acceptors (Lipinski definition) is 2. The van der Waals surface area contributed by atoms with E-state index >= 15 is 0 Å². The lowest BCUT2D eigenvalue weighted by Gasteiger charge is -2.09. The van der Waals surface area contributed by atoms with Gasteiger partial charge in [0.2, 0.25) is 10.0 Å². The molecule has 0 saturated carbocycles. The Morgan fingerprint density at radius 3 is 2.18 bits per heavy atom. The molecular weight excluding hydrogens is 315 g/mol. The summed E-state index contributed by atoms with van der Waals surface area (Å²) in [7, 11) is -3.57. The van der Waals surface area contributed by atoms with Crippen LogP contribution in [0.15, 0.2) is 53.4 Å². The molecule has 0 fully saturated rings. The second-order valence-corrected chi connectivity index (χ2v) is 6.37. The Labute approximate surface area is 126 Å². The zero-order valence-corrected chi connectivity index (χ0v) is 12.5. The van der Waals surface area contributed by atoms with Crippen molar-refractivity contribution in [2.45, 2.75) is 18.0 Å². The molecule has 0 unspecified atom stereocenters. The first kappa shape index (κ1) is 16.5. The van der Waals surface area contributed by atoms with Crippen molar-refractivity contribution < 1.29 is 21.6 Å². The van der Waals surface area contributed by atoms with Crippen LogP contribution in [0.4, 0.5) is 13.2 Å². The van der Waals surface area contributed by atoms with E-state index in [1.165, 1.54) is 30.3 Å². The molecule has 2 aromatic rings. The molecule has 0 aliphatic rings. The summed E-state index contributed by atoms with van der Waals surface area (Å²) in [5.41, 5.74) is 0.151. The lowest BCUT2D eigenvalue weighted by atomic mass is 10.0. The third-order valence-electron chi connectivity index (χ3n) is 3.02. The number of rotatable bonds is 4. The minimum Gasteiger partial charge on any atom is -0.211 e. The fraction of sp³-hybridized carbons (Fsp3) is 0.200. The summed E-state index contributed by atoms with van der Waals surface area (Å²) in [6, 6.07) is 10.6. The van der Waals surface area contributed by atoms with Crippen LogP contribution in [0.3, 0.4) is 0 Å². The van der Waals surface area contributed by atoms with Gasteiger partial charge in [0.1, 0.15) is 0 Å². The molecular formula is C15H14F3NO2S. The van der Waals surface area contributed by atoms with Crippen molar-refractivity contribution in [3.8, 4) is 11.1 Å². The molecule has 2 aromatic carbocycles. The highest BCUT2D eigenvalue weighted by Crippen LogP contribution is 2.32. The van der Waals surface area contributed by atoms with Gasteiger partial charge in [-0.15, -0.1) is 0 Å². The summed E-state index contributed by atoms with van der Waals surface area (Å²) in [4.78, 5) is 0.0741. The summed E-state index contributed by atoms with van der Waals surface area (Å²) in [6.07, 6.45) is -4.41. The van der Waals surface area contributed by atoms with Crippen LogP contribution in [0, 0.1) is 0 Å². The second-order valence-electron chi connectivity index (χ2n) is 4.60. The Kier molecular flexibility index (Phi) is 4.58. The number of benzene rings is 2. The number of halogens is 3. The van der Waals surface area contributed by atoms with Crippen molar-refractivity contribution in [2.75, 3.05) is 6.54 Å². The number of nitrogens with one attached hydrogen (secondary N) is 1. The summed E-state index contributed by atoms with van der Waals surface area (Å²) >= 11 is 0. The van der Waals surface area contributed by atoms with Gasteiger partial charge in [-0.25, -0.2) is 13.1 Å². The maximum Gasteiger partial charge on any atom is 0.416 e. The molecule has 0 saturated heterocycles. The average molecular weight is 329 g/mol. The van der Waals surface area contributed by atoms with Crippen molar-refractivity contribution in [2.24, 2.45) is 0 Å². The minimum absolute atomic E-state index is 0.0741. The molecule has 118 valence electrons. The molecule has 3 nitrogen and oxygen atoms in total. The second kappa shape index (κ2) is 6.10. The van der Waals surface area contributed by atoms with Crippen LogP contribution in [-0.4, -0.2) is 15.0 Å². The minimum atomic E-state index is -4.41. The Hall–Kier alpha value is -1.86. The van der Waals surface area contributed by atoms with Crippen LogP contribution in [-0.2, 0) is 16.2 Å².